The molecule has 124 valence electrons. The standard InChI is InChI=1S/C16H19F2N3OS/c1-16(2,8-19)9-21(3)15(22)12-7-23-14(20-12)13-10(17)5-4-6-11(13)18/h4-7H,8-9,19H2,1-3H3. The molecule has 1 heterocycles. The molecule has 23 heavy (non-hydrogen) atoms. The van der Waals surface area contributed by atoms with Gasteiger partial charge < -0.3 is 10.6 Å². The van der Waals surface area contributed by atoms with Crippen molar-refractivity contribution in [1.82, 2.24) is 9.88 Å². The molecule has 0 aliphatic carbocycles. The maximum Gasteiger partial charge on any atom is 0.273 e. The van der Waals surface area contributed by atoms with Gasteiger partial charge in [-0.05, 0) is 24.1 Å². The Morgan fingerprint density at radius 2 is 1.96 bits per heavy atom. The van der Waals surface area contributed by atoms with E-state index >= 15 is 0 Å². The summed E-state index contributed by atoms with van der Waals surface area (Å²) in [6, 6.07) is 3.62. The average molecular weight is 339 g/mol. The lowest BCUT2D eigenvalue weighted by Gasteiger charge is -2.28. The van der Waals surface area contributed by atoms with Gasteiger partial charge in [0.05, 0.1) is 5.56 Å². The molecule has 0 fully saturated rings. The second-order valence-electron chi connectivity index (χ2n) is 6.16. The smallest absolute Gasteiger partial charge is 0.273 e. The van der Waals surface area contributed by atoms with Crippen molar-refractivity contribution >= 4 is 17.2 Å². The number of hydrogen-bond donors (Lipinski definition) is 1. The van der Waals surface area contributed by atoms with E-state index in [4.69, 9.17) is 5.73 Å². The molecule has 1 aromatic heterocycles. The Hall–Kier alpha value is -1.86. The van der Waals surface area contributed by atoms with Gasteiger partial charge in [-0.1, -0.05) is 19.9 Å². The first-order valence-corrected chi connectivity index (χ1v) is 7.98. The van der Waals surface area contributed by atoms with Gasteiger partial charge in [0.2, 0.25) is 0 Å². The van der Waals surface area contributed by atoms with Crippen molar-refractivity contribution < 1.29 is 13.6 Å². The van der Waals surface area contributed by atoms with Gasteiger partial charge in [0.15, 0.2) is 0 Å². The predicted molar refractivity (Wildman–Crippen MR) is 87.3 cm³/mol. The highest BCUT2D eigenvalue weighted by atomic mass is 32.1. The van der Waals surface area contributed by atoms with E-state index in [-0.39, 0.29) is 27.6 Å². The summed E-state index contributed by atoms with van der Waals surface area (Å²) in [6.07, 6.45) is 0. The molecular formula is C16H19F2N3OS. The van der Waals surface area contributed by atoms with Gasteiger partial charge in [-0.25, -0.2) is 13.8 Å². The fraction of sp³-hybridized carbons (Fsp3) is 0.375. The first kappa shape index (κ1) is 17.5. The van der Waals surface area contributed by atoms with E-state index in [1.165, 1.54) is 16.3 Å². The van der Waals surface area contributed by atoms with E-state index in [0.29, 0.717) is 13.1 Å². The molecular weight excluding hydrogens is 320 g/mol. The normalized spacial score (nSPS) is 11.6. The van der Waals surface area contributed by atoms with E-state index in [2.05, 4.69) is 4.98 Å². The Kier molecular flexibility index (Phi) is 5.11. The van der Waals surface area contributed by atoms with E-state index in [1.807, 2.05) is 13.8 Å². The Labute approximate surface area is 137 Å². The van der Waals surface area contributed by atoms with Gasteiger partial charge in [-0.3, -0.25) is 4.79 Å². The SMILES string of the molecule is CN(CC(C)(C)CN)C(=O)c1csc(-c2c(F)cccc2F)n1. The minimum absolute atomic E-state index is 0.149. The van der Waals surface area contributed by atoms with Crippen molar-refractivity contribution in [3.63, 3.8) is 0 Å². The summed E-state index contributed by atoms with van der Waals surface area (Å²) in [5.74, 6) is -1.70. The maximum atomic E-state index is 13.8. The predicted octanol–water partition coefficient (Wildman–Crippen LogP) is 3.15. The first-order chi connectivity index (χ1) is 10.7. The molecule has 2 N–H and O–H groups in total. The zero-order valence-electron chi connectivity index (χ0n) is 13.3. The molecule has 0 saturated heterocycles. The first-order valence-electron chi connectivity index (χ1n) is 7.10. The fourth-order valence-corrected chi connectivity index (χ4v) is 3.00. The number of halogens is 2. The molecule has 0 spiro atoms. The number of nitrogens with two attached hydrogens (primary N) is 1. The van der Waals surface area contributed by atoms with E-state index in [0.717, 1.165) is 23.5 Å². The van der Waals surface area contributed by atoms with Gasteiger partial charge in [0.1, 0.15) is 22.3 Å². The molecule has 0 saturated carbocycles. The lowest BCUT2D eigenvalue weighted by Crippen LogP contribution is -2.39. The number of aromatic nitrogens is 1. The van der Waals surface area contributed by atoms with Crippen LogP contribution in [0.5, 0.6) is 0 Å². The molecule has 2 aromatic rings. The molecule has 4 nitrogen and oxygen atoms in total. The van der Waals surface area contributed by atoms with Crippen LogP contribution in [-0.4, -0.2) is 35.9 Å². The number of benzene rings is 1. The minimum atomic E-state index is -0.698. The lowest BCUT2D eigenvalue weighted by molar-refractivity contribution is 0.0735. The van der Waals surface area contributed by atoms with Crippen LogP contribution >= 0.6 is 11.3 Å². The number of thiazole rings is 1. The largest absolute Gasteiger partial charge is 0.340 e. The monoisotopic (exact) mass is 339 g/mol. The second-order valence-corrected chi connectivity index (χ2v) is 7.02. The number of hydrogen-bond acceptors (Lipinski definition) is 4. The third-order valence-electron chi connectivity index (χ3n) is 3.46. The number of carbonyl (C=O) groups is 1. The van der Waals surface area contributed by atoms with E-state index in [1.54, 1.807) is 7.05 Å². The molecule has 0 radical (unpaired) electrons. The molecule has 7 heteroatoms. The zero-order valence-corrected chi connectivity index (χ0v) is 14.1. The number of nitrogens with zero attached hydrogens (tertiary/aromatic N) is 2. The Bertz CT molecular complexity index is 695. The lowest BCUT2D eigenvalue weighted by atomic mass is 9.93. The van der Waals surface area contributed by atoms with E-state index < -0.39 is 11.6 Å². The molecule has 1 aromatic carbocycles. The molecule has 0 atom stereocenters. The zero-order chi connectivity index (χ0) is 17.2. The van der Waals surface area contributed by atoms with Crippen LogP contribution in [0.15, 0.2) is 23.6 Å². The number of carbonyl (C=O) groups excluding carboxylic acids is 1. The molecule has 0 aliphatic heterocycles. The van der Waals surface area contributed by atoms with Gasteiger partial charge in [-0.15, -0.1) is 11.3 Å². The summed E-state index contributed by atoms with van der Waals surface area (Å²) in [5, 5.41) is 1.66. The fourth-order valence-electron chi connectivity index (χ4n) is 2.16. The highest BCUT2D eigenvalue weighted by Crippen LogP contribution is 2.29. The van der Waals surface area contributed by atoms with Gasteiger partial charge in [-0.2, -0.15) is 0 Å². The average Bonchev–Trinajstić information content (AvgIpc) is 2.95. The van der Waals surface area contributed by atoms with Crippen molar-refractivity contribution in [2.24, 2.45) is 11.1 Å². The molecule has 0 aliphatic rings. The van der Waals surface area contributed by atoms with Crippen LogP contribution in [0.2, 0.25) is 0 Å². The maximum absolute atomic E-state index is 13.8. The Morgan fingerprint density at radius 1 is 1.35 bits per heavy atom. The summed E-state index contributed by atoms with van der Waals surface area (Å²) in [4.78, 5) is 18.0. The van der Waals surface area contributed by atoms with Crippen molar-refractivity contribution in [3.8, 4) is 10.6 Å². The summed E-state index contributed by atoms with van der Waals surface area (Å²) in [7, 11) is 1.66. The van der Waals surface area contributed by atoms with Crippen LogP contribution in [-0.2, 0) is 0 Å². The minimum Gasteiger partial charge on any atom is -0.340 e. The van der Waals surface area contributed by atoms with Gasteiger partial charge in [0, 0.05) is 19.0 Å². The van der Waals surface area contributed by atoms with Crippen molar-refractivity contribution in [2.45, 2.75) is 13.8 Å². The molecule has 1 amide bonds. The topological polar surface area (TPSA) is 59.2 Å². The van der Waals surface area contributed by atoms with Crippen LogP contribution in [0.3, 0.4) is 0 Å². The van der Waals surface area contributed by atoms with Gasteiger partial charge >= 0.3 is 0 Å². The number of amides is 1. The Balaban J connectivity index is 2.24. The van der Waals surface area contributed by atoms with Crippen LogP contribution < -0.4 is 5.73 Å². The summed E-state index contributed by atoms with van der Waals surface area (Å²) in [6.45, 7) is 4.81. The van der Waals surface area contributed by atoms with Crippen molar-refractivity contribution in [3.05, 3.63) is 40.9 Å². The quantitative estimate of drug-likeness (QED) is 0.910. The van der Waals surface area contributed by atoms with E-state index in [9.17, 15) is 13.6 Å². The van der Waals surface area contributed by atoms with Crippen LogP contribution in [0.4, 0.5) is 8.78 Å². The third-order valence-corrected chi connectivity index (χ3v) is 4.32. The third kappa shape index (κ3) is 3.92. The highest BCUT2D eigenvalue weighted by Gasteiger charge is 2.24. The summed E-state index contributed by atoms with van der Waals surface area (Å²) in [5.41, 5.74) is 5.41. The highest BCUT2D eigenvalue weighted by molar-refractivity contribution is 7.13. The summed E-state index contributed by atoms with van der Waals surface area (Å²) >= 11 is 1.04. The van der Waals surface area contributed by atoms with Crippen molar-refractivity contribution in [2.75, 3.05) is 20.1 Å². The second kappa shape index (κ2) is 6.72. The summed E-state index contributed by atoms with van der Waals surface area (Å²) < 4.78 is 27.6. The van der Waals surface area contributed by atoms with Crippen LogP contribution in [0.25, 0.3) is 10.6 Å². The van der Waals surface area contributed by atoms with Crippen LogP contribution in [0.1, 0.15) is 24.3 Å². The van der Waals surface area contributed by atoms with Crippen molar-refractivity contribution in [1.29, 1.82) is 0 Å². The number of rotatable bonds is 5. The van der Waals surface area contributed by atoms with Gasteiger partial charge in [0.25, 0.3) is 5.91 Å². The molecule has 0 bridgehead atoms. The Morgan fingerprint density at radius 3 is 2.52 bits per heavy atom. The molecule has 0 unspecified atom stereocenters. The molecule has 2 rings (SSSR count). The van der Waals surface area contributed by atoms with Crippen LogP contribution in [0, 0.1) is 17.0 Å².